The molecule has 0 heterocycles. The lowest BCUT2D eigenvalue weighted by Crippen LogP contribution is -2.24. The number of nitrogens with two attached hydrogens (primary N) is 1. The fourth-order valence-corrected chi connectivity index (χ4v) is 0.948. The second kappa shape index (κ2) is 3.18. The Bertz CT molecular complexity index is 81.0. The molecular weight excluding hydrogens is 114 g/mol. The maximum absolute atomic E-state index is 8.54. The van der Waals surface area contributed by atoms with Crippen molar-refractivity contribution in [2.24, 2.45) is 11.7 Å². The van der Waals surface area contributed by atoms with Gasteiger partial charge in [-0.25, -0.2) is 0 Å². The topological polar surface area (TPSA) is 46.2 Å². The Labute approximate surface area is 56.1 Å². The third kappa shape index (κ3) is 2.82. The number of hydrogen-bond donors (Lipinski definition) is 2. The molecule has 1 saturated carbocycles. The first-order valence-corrected chi connectivity index (χ1v) is 3.69. The Kier molecular flexibility index (Phi) is 2.49. The third-order valence-corrected chi connectivity index (χ3v) is 1.88. The summed E-state index contributed by atoms with van der Waals surface area (Å²) in [4.78, 5) is 0. The number of aliphatic hydroxyl groups is 1. The molecule has 0 aromatic carbocycles. The van der Waals surface area contributed by atoms with Crippen molar-refractivity contribution >= 4 is 0 Å². The summed E-state index contributed by atoms with van der Waals surface area (Å²) in [6.07, 6.45) is 5.00. The lowest BCUT2D eigenvalue weighted by Gasteiger charge is -2.05. The van der Waals surface area contributed by atoms with E-state index in [1.807, 2.05) is 0 Å². The van der Waals surface area contributed by atoms with E-state index in [2.05, 4.69) is 0 Å². The number of aliphatic hydroxyl groups excluding tert-OH is 1. The molecule has 0 amide bonds. The van der Waals surface area contributed by atoms with Gasteiger partial charge < -0.3 is 10.8 Å². The molecule has 1 aliphatic rings. The highest BCUT2D eigenvalue weighted by Crippen LogP contribution is 2.33. The van der Waals surface area contributed by atoms with Crippen LogP contribution in [0.1, 0.15) is 25.7 Å². The van der Waals surface area contributed by atoms with Crippen LogP contribution >= 0.6 is 0 Å². The van der Waals surface area contributed by atoms with Crippen LogP contribution < -0.4 is 5.73 Å². The Morgan fingerprint density at radius 2 is 2.22 bits per heavy atom. The van der Waals surface area contributed by atoms with E-state index in [0.717, 1.165) is 12.3 Å². The summed E-state index contributed by atoms with van der Waals surface area (Å²) in [5.74, 6) is 0.947. The van der Waals surface area contributed by atoms with Crippen molar-refractivity contribution in [1.29, 1.82) is 0 Å². The van der Waals surface area contributed by atoms with Crippen LogP contribution in [-0.4, -0.2) is 17.8 Å². The molecule has 1 fully saturated rings. The van der Waals surface area contributed by atoms with Crippen LogP contribution in [0, 0.1) is 5.92 Å². The van der Waals surface area contributed by atoms with Gasteiger partial charge in [0.2, 0.25) is 0 Å². The first-order chi connectivity index (χ1) is 4.33. The minimum absolute atomic E-state index is 0.0330. The van der Waals surface area contributed by atoms with Crippen LogP contribution in [-0.2, 0) is 0 Å². The SMILES string of the molecule is NC(CO)CCC1CC1. The second-order valence-electron chi connectivity index (χ2n) is 2.96. The van der Waals surface area contributed by atoms with Crippen LogP contribution in [0.5, 0.6) is 0 Å². The Morgan fingerprint density at radius 3 is 2.67 bits per heavy atom. The maximum atomic E-state index is 8.54. The van der Waals surface area contributed by atoms with Gasteiger partial charge in [0, 0.05) is 6.04 Å². The van der Waals surface area contributed by atoms with Crippen molar-refractivity contribution in [2.45, 2.75) is 31.7 Å². The fourth-order valence-electron chi connectivity index (χ4n) is 0.948. The van der Waals surface area contributed by atoms with Gasteiger partial charge in [0.1, 0.15) is 0 Å². The zero-order valence-electron chi connectivity index (χ0n) is 5.71. The summed E-state index contributed by atoms with van der Waals surface area (Å²) in [5, 5.41) is 8.54. The largest absolute Gasteiger partial charge is 0.395 e. The lowest BCUT2D eigenvalue weighted by atomic mass is 10.1. The monoisotopic (exact) mass is 129 g/mol. The standard InChI is InChI=1S/C7H15NO/c8-7(5-9)4-3-6-1-2-6/h6-7,9H,1-5,8H2. The molecule has 54 valence electrons. The van der Waals surface area contributed by atoms with Crippen LogP contribution in [0.25, 0.3) is 0 Å². The molecule has 9 heavy (non-hydrogen) atoms. The van der Waals surface area contributed by atoms with Gasteiger partial charge in [-0.15, -0.1) is 0 Å². The van der Waals surface area contributed by atoms with E-state index >= 15 is 0 Å². The molecule has 0 saturated heterocycles. The van der Waals surface area contributed by atoms with E-state index in [4.69, 9.17) is 10.8 Å². The minimum atomic E-state index is 0.0330. The predicted octanol–water partition coefficient (Wildman–Crippen LogP) is 0.496. The van der Waals surface area contributed by atoms with Gasteiger partial charge in [0.25, 0.3) is 0 Å². The molecular formula is C7H15NO. The zero-order valence-corrected chi connectivity index (χ0v) is 5.71. The molecule has 0 aromatic heterocycles. The van der Waals surface area contributed by atoms with Crippen molar-refractivity contribution in [2.75, 3.05) is 6.61 Å². The Morgan fingerprint density at radius 1 is 1.56 bits per heavy atom. The molecule has 1 atom stereocenters. The molecule has 2 heteroatoms. The molecule has 0 bridgehead atoms. The normalized spacial score (nSPS) is 22.0. The van der Waals surface area contributed by atoms with E-state index < -0.39 is 0 Å². The van der Waals surface area contributed by atoms with Crippen molar-refractivity contribution in [1.82, 2.24) is 0 Å². The first-order valence-electron chi connectivity index (χ1n) is 3.69. The van der Waals surface area contributed by atoms with Crippen molar-refractivity contribution in [3.8, 4) is 0 Å². The number of hydrogen-bond acceptors (Lipinski definition) is 2. The molecule has 0 aromatic rings. The zero-order chi connectivity index (χ0) is 6.69. The van der Waals surface area contributed by atoms with Gasteiger partial charge in [-0.3, -0.25) is 0 Å². The summed E-state index contributed by atoms with van der Waals surface area (Å²) < 4.78 is 0. The minimum Gasteiger partial charge on any atom is -0.395 e. The van der Waals surface area contributed by atoms with Crippen LogP contribution in [0.15, 0.2) is 0 Å². The smallest absolute Gasteiger partial charge is 0.0582 e. The molecule has 0 spiro atoms. The highest BCUT2D eigenvalue weighted by Gasteiger charge is 2.21. The Hall–Kier alpha value is -0.0800. The average molecular weight is 129 g/mol. The highest BCUT2D eigenvalue weighted by molar-refractivity contribution is 4.74. The van der Waals surface area contributed by atoms with Gasteiger partial charge in [-0.05, 0) is 18.8 Å². The summed E-state index contributed by atoms with van der Waals surface area (Å²) in [6, 6.07) is 0.0330. The molecule has 1 rings (SSSR count). The van der Waals surface area contributed by atoms with Gasteiger partial charge in [0.05, 0.1) is 6.61 Å². The Balaban J connectivity index is 1.90. The summed E-state index contributed by atoms with van der Waals surface area (Å²) in [6.45, 7) is 0.146. The quantitative estimate of drug-likeness (QED) is 0.580. The molecule has 2 nitrogen and oxygen atoms in total. The van der Waals surface area contributed by atoms with Gasteiger partial charge in [-0.1, -0.05) is 12.8 Å². The van der Waals surface area contributed by atoms with Gasteiger partial charge in [-0.2, -0.15) is 0 Å². The van der Waals surface area contributed by atoms with Gasteiger partial charge >= 0.3 is 0 Å². The number of rotatable bonds is 4. The molecule has 0 radical (unpaired) electrons. The second-order valence-corrected chi connectivity index (χ2v) is 2.96. The maximum Gasteiger partial charge on any atom is 0.0582 e. The molecule has 1 unspecified atom stereocenters. The summed E-state index contributed by atoms with van der Waals surface area (Å²) >= 11 is 0. The fraction of sp³-hybridized carbons (Fsp3) is 1.00. The third-order valence-electron chi connectivity index (χ3n) is 1.88. The van der Waals surface area contributed by atoms with E-state index in [1.165, 1.54) is 19.3 Å². The van der Waals surface area contributed by atoms with E-state index in [9.17, 15) is 0 Å². The summed E-state index contributed by atoms with van der Waals surface area (Å²) in [7, 11) is 0. The van der Waals surface area contributed by atoms with Crippen LogP contribution in [0.2, 0.25) is 0 Å². The lowest BCUT2D eigenvalue weighted by molar-refractivity contribution is 0.257. The summed E-state index contributed by atoms with van der Waals surface area (Å²) in [5.41, 5.74) is 5.50. The van der Waals surface area contributed by atoms with Crippen LogP contribution in [0.3, 0.4) is 0 Å². The van der Waals surface area contributed by atoms with E-state index in [-0.39, 0.29) is 12.6 Å². The van der Waals surface area contributed by atoms with E-state index in [1.54, 1.807) is 0 Å². The van der Waals surface area contributed by atoms with Crippen molar-refractivity contribution in [3.05, 3.63) is 0 Å². The van der Waals surface area contributed by atoms with Gasteiger partial charge in [0.15, 0.2) is 0 Å². The van der Waals surface area contributed by atoms with Crippen molar-refractivity contribution in [3.63, 3.8) is 0 Å². The first kappa shape index (κ1) is 7.03. The molecule has 0 aliphatic heterocycles. The van der Waals surface area contributed by atoms with Crippen molar-refractivity contribution < 1.29 is 5.11 Å². The molecule has 3 N–H and O–H groups in total. The van der Waals surface area contributed by atoms with Crippen LogP contribution in [0.4, 0.5) is 0 Å². The molecule has 1 aliphatic carbocycles. The predicted molar refractivity (Wildman–Crippen MR) is 37.0 cm³/mol. The average Bonchev–Trinajstić information content (AvgIpc) is 2.65. The highest BCUT2D eigenvalue weighted by atomic mass is 16.3. The van der Waals surface area contributed by atoms with E-state index in [0.29, 0.717) is 0 Å².